The molecule has 3 heterocycles. The molecule has 0 saturated carbocycles. The molecule has 0 amide bonds. The topological polar surface area (TPSA) is 34.8 Å². The monoisotopic (exact) mass is 919 g/mol. The van der Waals surface area contributed by atoms with E-state index in [4.69, 9.17) is 13.9 Å². The highest BCUT2D eigenvalue weighted by Gasteiger charge is 2.53. The lowest BCUT2D eigenvalue weighted by atomic mass is 9.66. The van der Waals surface area contributed by atoms with Crippen LogP contribution in [0.25, 0.3) is 55.3 Å². The van der Waals surface area contributed by atoms with E-state index in [9.17, 15) is 0 Å². The molecule has 0 fully saturated rings. The Bertz CT molecular complexity index is 3970. The van der Waals surface area contributed by atoms with Crippen molar-refractivity contribution < 1.29 is 13.9 Å². The highest BCUT2D eigenvalue weighted by atomic mass is 16.5. The fourth-order valence-electron chi connectivity index (χ4n) is 13.2. The van der Waals surface area contributed by atoms with Gasteiger partial charge in [0, 0.05) is 50.1 Å². The van der Waals surface area contributed by atoms with Crippen LogP contribution in [0.4, 0.5) is 17.1 Å². The zero-order valence-electron chi connectivity index (χ0n) is 38.8. The molecule has 0 atom stereocenters. The van der Waals surface area contributed by atoms with Gasteiger partial charge in [-0.05, 0) is 128 Å². The average Bonchev–Trinajstić information content (AvgIpc) is 4.07. The molecule has 12 aromatic rings. The summed E-state index contributed by atoms with van der Waals surface area (Å²) in [7, 11) is 0. The number of hydrogen-bond acceptors (Lipinski definition) is 4. The summed E-state index contributed by atoms with van der Waals surface area (Å²) in [5.41, 5.74) is 20.5. The van der Waals surface area contributed by atoms with Gasteiger partial charge in [-0.2, -0.15) is 0 Å². The van der Waals surface area contributed by atoms with Crippen molar-refractivity contribution in [3.63, 3.8) is 0 Å². The number of anilines is 3. The molecule has 4 aliphatic rings. The Labute approximate surface area is 416 Å². The first kappa shape index (κ1) is 39.5. The summed E-state index contributed by atoms with van der Waals surface area (Å²) in [6, 6.07) is 90.2. The van der Waals surface area contributed by atoms with Crippen molar-refractivity contribution in [1.29, 1.82) is 0 Å². The molecule has 0 bridgehead atoms. The Morgan fingerprint density at radius 3 is 1.18 bits per heavy atom. The molecule has 1 aromatic heterocycles. The molecule has 4 nitrogen and oxygen atoms in total. The summed E-state index contributed by atoms with van der Waals surface area (Å²) in [5.74, 6) is 3.54. The fraction of sp³-hybridized carbons (Fsp3) is 0.0294. The Morgan fingerprint density at radius 2 is 0.667 bits per heavy atom. The fourth-order valence-corrected chi connectivity index (χ4v) is 13.2. The number of furan rings is 1. The number of ether oxygens (including phenoxy) is 2. The molecule has 2 aliphatic heterocycles. The average molecular weight is 920 g/mol. The molecule has 0 saturated heterocycles. The van der Waals surface area contributed by atoms with E-state index in [2.05, 4.69) is 241 Å². The van der Waals surface area contributed by atoms with Crippen molar-refractivity contribution in [2.45, 2.75) is 10.8 Å². The number of hydrogen-bond donors (Lipinski definition) is 0. The molecule has 0 radical (unpaired) electrons. The molecular weight excluding hydrogens is 879 g/mol. The molecule has 72 heavy (non-hydrogen) atoms. The summed E-state index contributed by atoms with van der Waals surface area (Å²) in [4.78, 5) is 2.44. The van der Waals surface area contributed by atoms with Crippen molar-refractivity contribution in [2.24, 2.45) is 0 Å². The van der Waals surface area contributed by atoms with Crippen LogP contribution in [0.5, 0.6) is 23.0 Å². The number of fused-ring (bicyclic) bond motifs is 21. The normalized spacial score (nSPS) is 14.3. The van der Waals surface area contributed by atoms with Gasteiger partial charge in [0.2, 0.25) is 0 Å². The molecule has 4 heteroatoms. The van der Waals surface area contributed by atoms with Crippen LogP contribution in [0.15, 0.2) is 253 Å². The maximum atomic E-state index is 6.68. The first-order chi connectivity index (χ1) is 35.7. The molecule has 0 N–H and O–H groups in total. The zero-order valence-corrected chi connectivity index (χ0v) is 38.8. The van der Waals surface area contributed by atoms with Crippen LogP contribution in [-0.4, -0.2) is 0 Å². The molecule has 11 aromatic carbocycles. The SMILES string of the molecule is c1ccc2c(c1)Oc1ccccc1C21c2ccccc2-c2cc(N(c3ccc(-c4cccc5oc6ccccc6c45)cc3)c3ccc4c(c3)-c3ccccc3C43c4ccccc4Oc4ccccc43)ccc21. The highest BCUT2D eigenvalue weighted by molar-refractivity contribution is 6.12. The van der Waals surface area contributed by atoms with E-state index >= 15 is 0 Å². The predicted octanol–water partition coefficient (Wildman–Crippen LogP) is 17.7. The third kappa shape index (κ3) is 5.10. The Morgan fingerprint density at radius 1 is 0.278 bits per heavy atom. The predicted molar refractivity (Wildman–Crippen MR) is 289 cm³/mol. The Hall–Kier alpha value is -9.38. The molecule has 336 valence electrons. The summed E-state index contributed by atoms with van der Waals surface area (Å²) >= 11 is 0. The van der Waals surface area contributed by atoms with E-state index in [1.807, 2.05) is 12.1 Å². The number of benzene rings is 11. The largest absolute Gasteiger partial charge is 0.457 e. The smallest absolute Gasteiger partial charge is 0.136 e. The van der Waals surface area contributed by atoms with Gasteiger partial charge in [0.1, 0.15) is 34.2 Å². The van der Waals surface area contributed by atoms with Gasteiger partial charge in [0.25, 0.3) is 0 Å². The van der Waals surface area contributed by atoms with Crippen molar-refractivity contribution in [3.8, 4) is 56.4 Å². The van der Waals surface area contributed by atoms with E-state index < -0.39 is 10.8 Å². The van der Waals surface area contributed by atoms with Crippen LogP contribution >= 0.6 is 0 Å². The van der Waals surface area contributed by atoms with E-state index in [0.29, 0.717) is 0 Å². The second-order valence-corrected chi connectivity index (χ2v) is 19.4. The maximum absolute atomic E-state index is 6.68. The molecule has 2 spiro atoms. The van der Waals surface area contributed by atoms with Crippen molar-refractivity contribution in [3.05, 3.63) is 293 Å². The van der Waals surface area contributed by atoms with Crippen LogP contribution in [0.1, 0.15) is 44.5 Å². The van der Waals surface area contributed by atoms with Crippen molar-refractivity contribution >= 4 is 39.0 Å². The molecular formula is C68H41NO3. The first-order valence-corrected chi connectivity index (χ1v) is 24.7. The van der Waals surface area contributed by atoms with E-state index in [1.54, 1.807) is 0 Å². The van der Waals surface area contributed by atoms with Gasteiger partial charge in [-0.15, -0.1) is 0 Å². The molecule has 0 unspecified atom stereocenters. The Balaban J connectivity index is 0.928. The summed E-state index contributed by atoms with van der Waals surface area (Å²) in [5, 5.41) is 2.24. The van der Waals surface area contributed by atoms with E-state index in [-0.39, 0.29) is 0 Å². The summed E-state index contributed by atoms with van der Waals surface area (Å²) in [6.07, 6.45) is 0. The second kappa shape index (κ2) is 14.6. The van der Waals surface area contributed by atoms with Crippen LogP contribution in [-0.2, 0) is 10.8 Å². The van der Waals surface area contributed by atoms with Crippen LogP contribution < -0.4 is 14.4 Å². The van der Waals surface area contributed by atoms with Crippen LogP contribution in [0, 0.1) is 0 Å². The minimum atomic E-state index is -0.567. The van der Waals surface area contributed by atoms with Gasteiger partial charge >= 0.3 is 0 Å². The first-order valence-electron chi connectivity index (χ1n) is 24.7. The zero-order chi connectivity index (χ0) is 47.1. The highest BCUT2D eigenvalue weighted by Crippen LogP contribution is 2.65. The third-order valence-electron chi connectivity index (χ3n) is 16.0. The van der Waals surface area contributed by atoms with Crippen molar-refractivity contribution in [2.75, 3.05) is 4.90 Å². The molecule has 2 aliphatic carbocycles. The van der Waals surface area contributed by atoms with Gasteiger partial charge < -0.3 is 18.8 Å². The van der Waals surface area contributed by atoms with Gasteiger partial charge in [-0.3, -0.25) is 0 Å². The van der Waals surface area contributed by atoms with E-state index in [0.717, 1.165) is 95.4 Å². The molecule has 16 rings (SSSR count). The van der Waals surface area contributed by atoms with Crippen molar-refractivity contribution in [1.82, 2.24) is 0 Å². The van der Waals surface area contributed by atoms with E-state index in [1.165, 1.54) is 44.5 Å². The maximum Gasteiger partial charge on any atom is 0.136 e. The lowest BCUT2D eigenvalue weighted by Gasteiger charge is -2.39. The summed E-state index contributed by atoms with van der Waals surface area (Å²) in [6.45, 7) is 0. The van der Waals surface area contributed by atoms with Crippen LogP contribution in [0.3, 0.4) is 0 Å². The van der Waals surface area contributed by atoms with Gasteiger partial charge in [-0.1, -0.05) is 176 Å². The summed E-state index contributed by atoms with van der Waals surface area (Å²) < 4.78 is 19.7. The minimum absolute atomic E-state index is 0.567. The number of rotatable bonds is 4. The van der Waals surface area contributed by atoms with Gasteiger partial charge in [-0.25, -0.2) is 0 Å². The Kier molecular flexibility index (Phi) is 7.99. The number of nitrogens with zero attached hydrogens (tertiary/aromatic N) is 1. The second-order valence-electron chi connectivity index (χ2n) is 19.4. The van der Waals surface area contributed by atoms with Crippen LogP contribution in [0.2, 0.25) is 0 Å². The van der Waals surface area contributed by atoms with Gasteiger partial charge in [0.15, 0.2) is 0 Å². The number of para-hydroxylation sites is 5. The third-order valence-corrected chi connectivity index (χ3v) is 16.0. The lowest BCUT2D eigenvalue weighted by Crippen LogP contribution is -2.32. The van der Waals surface area contributed by atoms with Gasteiger partial charge in [0.05, 0.1) is 10.8 Å². The standard InChI is InChI=1S/C68H41NO3/c1-4-20-52-47(16-1)50-40-44(36-38-54(50)67(52)56-22-6-11-27-61(56)71-62-28-12-7-23-57(62)67)69(43-34-32-42(33-35-43)46-19-15-31-65-66(46)49-18-3-10-26-60(49)70-65)45-37-39-55-51(41-45)48-17-2-5-21-53(48)68(55)58-24-8-13-29-63(58)72-64-30-14-9-25-59(64)68/h1-41H. The minimum Gasteiger partial charge on any atom is -0.457 e. The quantitative estimate of drug-likeness (QED) is 0.176. The lowest BCUT2D eigenvalue weighted by molar-refractivity contribution is 0.436.